The molecule has 1 amide bonds. The number of nitrogens with zero attached hydrogens (tertiary/aromatic N) is 1. The molecule has 0 saturated heterocycles. The van der Waals surface area contributed by atoms with Crippen molar-refractivity contribution in [1.82, 2.24) is 10.3 Å². The normalized spacial score (nSPS) is 22.1. The number of thiazole rings is 1. The van der Waals surface area contributed by atoms with E-state index in [9.17, 15) is 4.79 Å². The maximum Gasteiger partial charge on any atom is 0.251 e. The van der Waals surface area contributed by atoms with Gasteiger partial charge < -0.3 is 10.1 Å². The Hall–Kier alpha value is -1.46. The van der Waals surface area contributed by atoms with Gasteiger partial charge in [0.05, 0.1) is 27.9 Å². The van der Waals surface area contributed by atoms with Crippen molar-refractivity contribution in [2.45, 2.75) is 57.8 Å². The summed E-state index contributed by atoms with van der Waals surface area (Å²) in [6.45, 7) is 4.15. The van der Waals surface area contributed by atoms with Crippen LogP contribution in [0.3, 0.4) is 0 Å². The summed E-state index contributed by atoms with van der Waals surface area (Å²) >= 11 is 1.56. The van der Waals surface area contributed by atoms with E-state index in [1.54, 1.807) is 11.3 Å². The molecule has 1 aliphatic carbocycles. The minimum atomic E-state index is 0.0172. The Bertz CT molecular complexity index is 645. The maximum atomic E-state index is 12.4. The molecule has 5 heteroatoms. The van der Waals surface area contributed by atoms with E-state index in [0.29, 0.717) is 6.10 Å². The van der Waals surface area contributed by atoms with Crippen LogP contribution in [0.5, 0.6) is 0 Å². The topological polar surface area (TPSA) is 51.2 Å². The summed E-state index contributed by atoms with van der Waals surface area (Å²) in [5.41, 5.74) is 3.48. The van der Waals surface area contributed by atoms with Crippen molar-refractivity contribution in [3.05, 3.63) is 29.3 Å². The lowest BCUT2D eigenvalue weighted by Crippen LogP contribution is -2.39. The van der Waals surface area contributed by atoms with E-state index in [0.717, 1.165) is 41.5 Å². The van der Waals surface area contributed by atoms with Crippen LogP contribution in [-0.2, 0) is 4.74 Å². The van der Waals surface area contributed by atoms with Crippen LogP contribution in [0, 0.1) is 0 Å². The largest absolute Gasteiger partial charge is 0.376 e. The molecule has 0 radical (unpaired) electrons. The standard InChI is InChI=1S/C17H22N2O2S/c1-11(2)21-14-6-4-13(5-7-14)19-17(20)12-3-8-15-16(9-12)22-10-18-15/h3,8-11,13-14H,4-7H2,1-2H3,(H,19,20). The van der Waals surface area contributed by atoms with Gasteiger partial charge in [-0.15, -0.1) is 11.3 Å². The molecule has 0 bridgehead atoms. The Balaban J connectivity index is 1.56. The number of ether oxygens (including phenoxy) is 1. The highest BCUT2D eigenvalue weighted by atomic mass is 32.1. The van der Waals surface area contributed by atoms with Crippen LogP contribution in [0.25, 0.3) is 10.2 Å². The maximum absolute atomic E-state index is 12.4. The highest BCUT2D eigenvalue weighted by Gasteiger charge is 2.23. The third kappa shape index (κ3) is 3.65. The molecule has 1 saturated carbocycles. The molecule has 0 atom stereocenters. The minimum Gasteiger partial charge on any atom is -0.376 e. The van der Waals surface area contributed by atoms with Crippen molar-refractivity contribution in [2.24, 2.45) is 0 Å². The Kier molecular flexibility index (Phi) is 4.74. The minimum absolute atomic E-state index is 0.0172. The number of carbonyl (C=O) groups is 1. The number of nitrogens with one attached hydrogen (secondary N) is 1. The van der Waals surface area contributed by atoms with Crippen LogP contribution >= 0.6 is 11.3 Å². The van der Waals surface area contributed by atoms with E-state index in [1.165, 1.54) is 0 Å². The van der Waals surface area contributed by atoms with Crippen LogP contribution in [-0.4, -0.2) is 29.1 Å². The van der Waals surface area contributed by atoms with E-state index in [1.807, 2.05) is 23.7 Å². The van der Waals surface area contributed by atoms with Gasteiger partial charge in [0.25, 0.3) is 5.91 Å². The molecule has 4 nitrogen and oxygen atoms in total. The molecule has 1 aromatic carbocycles. The van der Waals surface area contributed by atoms with Gasteiger partial charge in [-0.05, 0) is 57.7 Å². The van der Waals surface area contributed by atoms with E-state index in [4.69, 9.17) is 4.74 Å². The molecule has 1 heterocycles. The zero-order valence-electron chi connectivity index (χ0n) is 13.0. The molecule has 0 spiro atoms. The van der Waals surface area contributed by atoms with Gasteiger partial charge in [-0.3, -0.25) is 4.79 Å². The Morgan fingerprint density at radius 3 is 2.82 bits per heavy atom. The van der Waals surface area contributed by atoms with Crippen LogP contribution in [0.4, 0.5) is 0 Å². The van der Waals surface area contributed by atoms with Gasteiger partial charge in [0.2, 0.25) is 0 Å². The number of fused-ring (bicyclic) bond motifs is 1. The van der Waals surface area contributed by atoms with Gasteiger partial charge in [-0.1, -0.05) is 0 Å². The van der Waals surface area contributed by atoms with E-state index < -0.39 is 0 Å². The molecule has 0 unspecified atom stereocenters. The summed E-state index contributed by atoms with van der Waals surface area (Å²) in [5.74, 6) is 0.0172. The van der Waals surface area contributed by atoms with Gasteiger partial charge in [-0.2, -0.15) is 0 Å². The average Bonchev–Trinajstić information content (AvgIpc) is 2.96. The molecule has 0 aliphatic heterocycles. The first-order valence-electron chi connectivity index (χ1n) is 7.91. The number of aromatic nitrogens is 1. The number of carbonyl (C=O) groups excluding carboxylic acids is 1. The fourth-order valence-electron chi connectivity index (χ4n) is 2.99. The zero-order valence-corrected chi connectivity index (χ0v) is 13.9. The van der Waals surface area contributed by atoms with Crippen LogP contribution in [0.2, 0.25) is 0 Å². The van der Waals surface area contributed by atoms with Crippen molar-refractivity contribution in [3.63, 3.8) is 0 Å². The highest BCUT2D eigenvalue weighted by molar-refractivity contribution is 7.16. The predicted octanol–water partition coefficient (Wildman–Crippen LogP) is 3.76. The Labute approximate surface area is 134 Å². The Morgan fingerprint density at radius 2 is 2.09 bits per heavy atom. The average molecular weight is 318 g/mol. The summed E-state index contributed by atoms with van der Waals surface area (Å²) in [6, 6.07) is 5.95. The van der Waals surface area contributed by atoms with E-state index in [-0.39, 0.29) is 18.1 Å². The number of rotatable bonds is 4. The third-order valence-electron chi connectivity index (χ3n) is 4.07. The first-order valence-corrected chi connectivity index (χ1v) is 8.79. The smallest absolute Gasteiger partial charge is 0.251 e. The molecular weight excluding hydrogens is 296 g/mol. The van der Waals surface area contributed by atoms with Crippen molar-refractivity contribution in [1.29, 1.82) is 0 Å². The van der Waals surface area contributed by atoms with Crippen molar-refractivity contribution in [3.8, 4) is 0 Å². The summed E-state index contributed by atoms with van der Waals surface area (Å²) in [6.07, 6.45) is 4.66. The zero-order chi connectivity index (χ0) is 15.5. The second kappa shape index (κ2) is 6.75. The highest BCUT2D eigenvalue weighted by Crippen LogP contribution is 2.23. The fourth-order valence-corrected chi connectivity index (χ4v) is 3.71. The lowest BCUT2D eigenvalue weighted by Gasteiger charge is -2.30. The van der Waals surface area contributed by atoms with Crippen molar-refractivity contribution in [2.75, 3.05) is 0 Å². The SMILES string of the molecule is CC(C)OC1CCC(NC(=O)c2ccc3ncsc3c2)CC1. The molecule has 22 heavy (non-hydrogen) atoms. The van der Waals surface area contributed by atoms with Crippen LogP contribution < -0.4 is 5.32 Å². The number of amides is 1. The first-order chi connectivity index (χ1) is 10.6. The first kappa shape index (κ1) is 15.4. The lowest BCUT2D eigenvalue weighted by molar-refractivity contribution is -0.0159. The van der Waals surface area contributed by atoms with Crippen LogP contribution in [0.1, 0.15) is 49.9 Å². The molecule has 1 aliphatic rings. The molecule has 1 aromatic heterocycles. The summed E-state index contributed by atoms with van der Waals surface area (Å²) < 4.78 is 6.91. The van der Waals surface area contributed by atoms with Gasteiger partial charge in [0.15, 0.2) is 0 Å². The van der Waals surface area contributed by atoms with Gasteiger partial charge in [-0.25, -0.2) is 4.98 Å². The van der Waals surface area contributed by atoms with E-state index in [2.05, 4.69) is 24.1 Å². The number of hydrogen-bond donors (Lipinski definition) is 1. The van der Waals surface area contributed by atoms with Gasteiger partial charge in [0.1, 0.15) is 0 Å². The van der Waals surface area contributed by atoms with Crippen molar-refractivity contribution >= 4 is 27.5 Å². The second-order valence-corrected chi connectivity index (χ2v) is 7.05. The Morgan fingerprint density at radius 1 is 1.32 bits per heavy atom. The fraction of sp³-hybridized carbons (Fsp3) is 0.529. The molecular formula is C17H22N2O2S. The summed E-state index contributed by atoms with van der Waals surface area (Å²) in [4.78, 5) is 16.6. The second-order valence-electron chi connectivity index (χ2n) is 6.17. The van der Waals surface area contributed by atoms with Gasteiger partial charge >= 0.3 is 0 Å². The monoisotopic (exact) mass is 318 g/mol. The molecule has 2 aromatic rings. The molecule has 1 N–H and O–H groups in total. The molecule has 1 fully saturated rings. The van der Waals surface area contributed by atoms with Crippen molar-refractivity contribution < 1.29 is 9.53 Å². The number of hydrogen-bond acceptors (Lipinski definition) is 4. The predicted molar refractivity (Wildman–Crippen MR) is 89.4 cm³/mol. The summed E-state index contributed by atoms with van der Waals surface area (Å²) in [7, 11) is 0. The van der Waals surface area contributed by atoms with Gasteiger partial charge in [0, 0.05) is 11.6 Å². The third-order valence-corrected chi connectivity index (χ3v) is 4.86. The van der Waals surface area contributed by atoms with E-state index >= 15 is 0 Å². The molecule has 118 valence electrons. The molecule has 3 rings (SSSR count). The number of benzene rings is 1. The summed E-state index contributed by atoms with van der Waals surface area (Å²) in [5, 5.41) is 3.16. The van der Waals surface area contributed by atoms with Crippen LogP contribution in [0.15, 0.2) is 23.7 Å². The lowest BCUT2D eigenvalue weighted by atomic mass is 9.92. The quantitative estimate of drug-likeness (QED) is 0.934.